The smallest absolute Gasteiger partial charge is 0.418 e. The van der Waals surface area contributed by atoms with Gasteiger partial charge in [0.05, 0.1) is 23.9 Å². The number of anilines is 1. The number of benzene rings is 1. The number of hydrazone groups is 1. The van der Waals surface area contributed by atoms with E-state index in [1.54, 1.807) is 14.0 Å². The fourth-order valence-electron chi connectivity index (χ4n) is 3.24. The zero-order chi connectivity index (χ0) is 20.7. The number of nitriles is 1. The molecule has 4 rings (SSSR count). The topological polar surface area (TPSA) is 139 Å². The Hall–Kier alpha value is -3.94. The number of fused-ring (bicyclic) bond motifs is 5. The van der Waals surface area contributed by atoms with Crippen LogP contribution in [0.25, 0.3) is 0 Å². The lowest BCUT2D eigenvalue weighted by molar-refractivity contribution is 0.195. The second kappa shape index (κ2) is 6.90. The first-order valence-corrected chi connectivity index (χ1v) is 8.65. The van der Waals surface area contributed by atoms with Crippen molar-refractivity contribution in [3.05, 3.63) is 41.5 Å². The van der Waals surface area contributed by atoms with Crippen LogP contribution in [-0.4, -0.2) is 40.0 Å². The SMILES string of the molecule is CC1Oc2nc(cnc2N)C2C(=NN(C)C2C#N)NC(=O)Oc2ccc(F)cc21. The number of aromatic nitrogens is 2. The maximum atomic E-state index is 13.8. The molecule has 148 valence electrons. The van der Waals surface area contributed by atoms with Crippen molar-refractivity contribution in [3.63, 3.8) is 0 Å². The predicted octanol–water partition coefficient (Wildman–Crippen LogP) is 1.67. The maximum absolute atomic E-state index is 13.8. The molecule has 3 atom stereocenters. The largest absolute Gasteiger partial charge is 0.467 e. The second-order valence-corrected chi connectivity index (χ2v) is 6.55. The summed E-state index contributed by atoms with van der Waals surface area (Å²) < 4.78 is 25.0. The fourth-order valence-corrected chi connectivity index (χ4v) is 3.24. The highest BCUT2D eigenvalue weighted by atomic mass is 19.1. The van der Waals surface area contributed by atoms with Crippen molar-refractivity contribution < 1.29 is 18.7 Å². The molecule has 2 aromatic rings. The summed E-state index contributed by atoms with van der Waals surface area (Å²) in [6, 6.07) is 5.07. The number of likely N-dealkylation sites (N-methyl/N-ethyl adjacent to an activating group) is 1. The molecule has 1 aromatic heterocycles. The molecule has 0 aliphatic carbocycles. The molecule has 1 amide bonds. The van der Waals surface area contributed by atoms with E-state index in [9.17, 15) is 14.4 Å². The van der Waals surface area contributed by atoms with Gasteiger partial charge < -0.3 is 15.2 Å². The summed E-state index contributed by atoms with van der Waals surface area (Å²) >= 11 is 0. The Labute approximate surface area is 164 Å². The highest BCUT2D eigenvalue weighted by molar-refractivity contribution is 6.01. The third-order valence-corrected chi connectivity index (χ3v) is 4.65. The van der Waals surface area contributed by atoms with Crippen molar-refractivity contribution in [3.8, 4) is 17.7 Å². The van der Waals surface area contributed by atoms with E-state index in [0.717, 1.165) is 6.07 Å². The van der Waals surface area contributed by atoms with Crippen molar-refractivity contribution in [2.75, 3.05) is 12.8 Å². The van der Waals surface area contributed by atoms with Crippen LogP contribution in [0.5, 0.6) is 11.6 Å². The predicted molar refractivity (Wildman–Crippen MR) is 98.4 cm³/mol. The molecule has 0 radical (unpaired) electrons. The van der Waals surface area contributed by atoms with Crippen molar-refractivity contribution in [1.82, 2.24) is 20.3 Å². The van der Waals surface area contributed by atoms with E-state index < -0.39 is 30.0 Å². The molecule has 10 nitrogen and oxygen atoms in total. The number of nitrogens with two attached hydrogens (primary N) is 1. The van der Waals surface area contributed by atoms with Gasteiger partial charge in [0.1, 0.15) is 29.5 Å². The van der Waals surface area contributed by atoms with Crippen LogP contribution in [0.2, 0.25) is 0 Å². The highest BCUT2D eigenvalue weighted by Gasteiger charge is 2.40. The highest BCUT2D eigenvalue weighted by Crippen LogP contribution is 2.34. The number of hydrogen-bond donors (Lipinski definition) is 2. The van der Waals surface area contributed by atoms with Crippen molar-refractivity contribution >= 4 is 17.7 Å². The number of hydrogen-bond acceptors (Lipinski definition) is 9. The van der Waals surface area contributed by atoms with Gasteiger partial charge >= 0.3 is 6.09 Å². The Morgan fingerprint density at radius 3 is 2.97 bits per heavy atom. The zero-order valence-electron chi connectivity index (χ0n) is 15.5. The lowest BCUT2D eigenvalue weighted by Crippen LogP contribution is -2.39. The molecule has 0 fully saturated rings. The van der Waals surface area contributed by atoms with Gasteiger partial charge in [-0.15, -0.1) is 0 Å². The Kier molecular flexibility index (Phi) is 4.38. The van der Waals surface area contributed by atoms with Gasteiger partial charge in [-0.05, 0) is 25.1 Å². The van der Waals surface area contributed by atoms with Gasteiger partial charge in [0.25, 0.3) is 5.88 Å². The van der Waals surface area contributed by atoms with E-state index >= 15 is 0 Å². The molecule has 2 aliphatic heterocycles. The van der Waals surface area contributed by atoms with Crippen molar-refractivity contribution in [2.45, 2.75) is 25.0 Å². The number of carbonyl (C=O) groups excluding carboxylic acids is 1. The lowest BCUT2D eigenvalue weighted by atomic mass is 9.97. The molecular weight excluding hydrogens is 381 g/mol. The van der Waals surface area contributed by atoms with Crippen LogP contribution in [-0.2, 0) is 0 Å². The third kappa shape index (κ3) is 3.25. The van der Waals surface area contributed by atoms with E-state index in [-0.39, 0.29) is 28.8 Å². The van der Waals surface area contributed by atoms with Gasteiger partial charge in [-0.3, -0.25) is 10.3 Å². The summed E-state index contributed by atoms with van der Waals surface area (Å²) in [7, 11) is 1.60. The Morgan fingerprint density at radius 2 is 2.21 bits per heavy atom. The first-order valence-electron chi connectivity index (χ1n) is 8.65. The number of rotatable bonds is 0. The van der Waals surface area contributed by atoms with Crippen molar-refractivity contribution in [2.24, 2.45) is 5.10 Å². The van der Waals surface area contributed by atoms with E-state index in [0.29, 0.717) is 5.69 Å². The molecule has 0 spiro atoms. The molecule has 2 bridgehead atoms. The van der Waals surface area contributed by atoms with Gasteiger partial charge in [0, 0.05) is 12.6 Å². The summed E-state index contributed by atoms with van der Waals surface area (Å²) in [5.41, 5.74) is 6.51. The lowest BCUT2D eigenvalue weighted by Gasteiger charge is -2.22. The summed E-state index contributed by atoms with van der Waals surface area (Å²) in [6.45, 7) is 1.63. The van der Waals surface area contributed by atoms with Gasteiger partial charge in [0.15, 0.2) is 5.82 Å². The molecule has 1 aromatic carbocycles. The van der Waals surface area contributed by atoms with Crippen LogP contribution in [0, 0.1) is 17.1 Å². The molecule has 2 aliphatic rings. The summed E-state index contributed by atoms with van der Waals surface area (Å²) in [5.74, 6) is -0.940. The number of nitrogens with zero attached hydrogens (tertiary/aromatic N) is 5. The molecule has 3 unspecified atom stereocenters. The fraction of sp³-hybridized carbons (Fsp3) is 0.278. The average Bonchev–Trinajstić information content (AvgIpc) is 2.98. The summed E-state index contributed by atoms with van der Waals surface area (Å²) in [4.78, 5) is 21.0. The van der Waals surface area contributed by atoms with E-state index in [1.807, 2.05) is 0 Å². The molecule has 0 saturated carbocycles. The molecule has 11 heteroatoms. The third-order valence-electron chi connectivity index (χ3n) is 4.65. The molecule has 29 heavy (non-hydrogen) atoms. The zero-order valence-corrected chi connectivity index (χ0v) is 15.5. The van der Waals surface area contributed by atoms with Gasteiger partial charge in [-0.25, -0.2) is 19.2 Å². The van der Waals surface area contributed by atoms with Gasteiger partial charge in [-0.1, -0.05) is 0 Å². The summed E-state index contributed by atoms with van der Waals surface area (Å²) in [6.07, 6.45) is -0.209. The Morgan fingerprint density at radius 1 is 1.41 bits per heavy atom. The van der Waals surface area contributed by atoms with Crippen LogP contribution in [0.1, 0.15) is 30.2 Å². The number of amidine groups is 1. The minimum absolute atomic E-state index is 0.0164. The Balaban J connectivity index is 1.86. The van der Waals surface area contributed by atoms with E-state index in [1.165, 1.54) is 23.3 Å². The van der Waals surface area contributed by atoms with Crippen molar-refractivity contribution in [1.29, 1.82) is 5.26 Å². The number of nitrogens with one attached hydrogen (secondary N) is 1. The molecule has 0 saturated heterocycles. The Bertz CT molecular complexity index is 1070. The van der Waals surface area contributed by atoms with Crippen LogP contribution in [0.15, 0.2) is 29.5 Å². The number of nitrogen functional groups attached to an aromatic ring is 1. The van der Waals surface area contributed by atoms with Gasteiger partial charge in [0.2, 0.25) is 0 Å². The molecule has 3 N–H and O–H groups in total. The first-order chi connectivity index (χ1) is 13.9. The number of carbonyl (C=O) groups is 1. The number of ether oxygens (including phenoxy) is 2. The first kappa shape index (κ1) is 18.4. The monoisotopic (exact) mass is 397 g/mol. The minimum Gasteiger partial charge on any atom is -0.467 e. The maximum Gasteiger partial charge on any atom is 0.418 e. The van der Waals surface area contributed by atoms with E-state index in [4.69, 9.17) is 15.2 Å². The average molecular weight is 397 g/mol. The molecular formula is C18H16FN7O3. The van der Waals surface area contributed by atoms with Crippen LogP contribution in [0.3, 0.4) is 0 Å². The van der Waals surface area contributed by atoms with Crippen LogP contribution in [0.4, 0.5) is 15.0 Å². The van der Waals surface area contributed by atoms with Gasteiger partial charge in [-0.2, -0.15) is 10.4 Å². The number of halogens is 1. The standard InChI is InChI=1S/C18H16FN7O3/c1-8-10-5-9(19)3-4-13(10)29-18(27)24-16-14(12(6-20)26(2)25-16)11-7-22-15(21)17(23-11)28-8/h3-5,7-8,12,14H,1-2H3,(H2,21,22)(H,24,25,27). The van der Waals surface area contributed by atoms with E-state index in [2.05, 4.69) is 26.5 Å². The van der Waals surface area contributed by atoms with Crippen LogP contribution < -0.4 is 20.5 Å². The normalized spacial score (nSPS) is 23.1. The second-order valence-electron chi connectivity index (χ2n) is 6.55. The summed E-state index contributed by atoms with van der Waals surface area (Å²) in [5, 5.41) is 17.7. The minimum atomic E-state index is -0.843. The quantitative estimate of drug-likeness (QED) is 0.684. The van der Waals surface area contributed by atoms with Crippen LogP contribution >= 0.6 is 0 Å². The molecule has 3 heterocycles. The number of amides is 1.